The van der Waals surface area contributed by atoms with Crippen LogP contribution in [0.5, 0.6) is 0 Å². The summed E-state index contributed by atoms with van der Waals surface area (Å²) in [7, 11) is 4.63. The van der Waals surface area contributed by atoms with Crippen LogP contribution in [0.15, 0.2) is 30.3 Å². The number of Topliss-reactive ketones (excluding diaryl/α,β-unsaturated/α-hetero) is 1. The van der Waals surface area contributed by atoms with Crippen molar-refractivity contribution >= 4 is 41.4 Å². The fourth-order valence-electron chi connectivity index (χ4n) is 6.15. The Hall–Kier alpha value is -4.49. The summed E-state index contributed by atoms with van der Waals surface area (Å²) in [5.41, 5.74) is 0.550. The van der Waals surface area contributed by atoms with Crippen molar-refractivity contribution in [3.63, 3.8) is 0 Å². The summed E-state index contributed by atoms with van der Waals surface area (Å²) in [6.45, 7) is 9.04. The highest BCUT2D eigenvalue weighted by Crippen LogP contribution is 2.28. The minimum Gasteiger partial charge on any atom is -0.449 e. The summed E-state index contributed by atoms with van der Waals surface area (Å²) in [6, 6.07) is 4.51. The molecule has 4 atom stereocenters. The fraction of sp³-hybridized carbons (Fsp3) is 0.658. The van der Waals surface area contributed by atoms with E-state index in [1.807, 2.05) is 27.7 Å². The largest absolute Gasteiger partial charge is 0.449 e. The molecule has 0 spiro atoms. The normalized spacial score (nSPS) is 15.4. The first kappa shape index (κ1) is 43.7. The molecule has 6 amide bonds. The Morgan fingerprint density at radius 3 is 2.02 bits per heavy atom. The second kappa shape index (κ2) is 21.8. The van der Waals surface area contributed by atoms with Gasteiger partial charge in [-0.05, 0) is 49.0 Å². The van der Waals surface area contributed by atoms with Crippen LogP contribution in [-0.4, -0.2) is 104 Å². The standard InChI is InChI=1S/C38H60N6O8/c1-9-16-28(33(46)35(48)39-22-30(45)41-31(36(49)43(6)7)26-17-12-10-13-18-26)40-34(47)29(21-24(2)3)44(8)37(50)32(27-19-14-11-15-20-27)42-38(51)52-23-25(4)5/h10,12-13,17-18,24-25,27-29,31-32H,9,11,14-16,19-23H2,1-8H3,(H,39,48)(H,40,47)(H,41,45)(H,42,51)/t28?,29-,31?,32-/m0/s1. The third-order valence-corrected chi connectivity index (χ3v) is 8.99. The highest BCUT2D eigenvalue weighted by Gasteiger charge is 2.39. The molecule has 2 rings (SSSR count). The van der Waals surface area contributed by atoms with Crippen LogP contribution in [0.4, 0.5) is 4.79 Å². The van der Waals surface area contributed by atoms with Crippen molar-refractivity contribution < 1.29 is 38.3 Å². The van der Waals surface area contributed by atoms with Crippen molar-refractivity contribution in [2.45, 2.75) is 110 Å². The van der Waals surface area contributed by atoms with Gasteiger partial charge in [0.2, 0.25) is 29.4 Å². The number of likely N-dealkylation sites (N-methyl/N-ethyl adjacent to an activating group) is 2. The van der Waals surface area contributed by atoms with E-state index in [1.54, 1.807) is 51.4 Å². The molecule has 0 heterocycles. The van der Waals surface area contributed by atoms with E-state index in [-0.39, 0.29) is 43.1 Å². The van der Waals surface area contributed by atoms with Crippen molar-refractivity contribution in [1.82, 2.24) is 31.1 Å². The molecule has 0 bridgehead atoms. The number of hydrogen-bond acceptors (Lipinski definition) is 8. The molecule has 14 nitrogen and oxygen atoms in total. The van der Waals surface area contributed by atoms with E-state index in [0.29, 0.717) is 12.0 Å². The summed E-state index contributed by atoms with van der Waals surface area (Å²) < 4.78 is 5.33. The highest BCUT2D eigenvalue weighted by molar-refractivity contribution is 6.38. The van der Waals surface area contributed by atoms with Gasteiger partial charge in [-0.15, -0.1) is 0 Å². The van der Waals surface area contributed by atoms with Gasteiger partial charge in [-0.2, -0.15) is 0 Å². The van der Waals surface area contributed by atoms with Crippen LogP contribution in [-0.2, 0) is 33.5 Å². The van der Waals surface area contributed by atoms with Gasteiger partial charge >= 0.3 is 6.09 Å². The van der Waals surface area contributed by atoms with Crippen LogP contribution in [0.3, 0.4) is 0 Å². The lowest BCUT2D eigenvalue weighted by molar-refractivity contribution is -0.144. The maximum Gasteiger partial charge on any atom is 0.407 e. The summed E-state index contributed by atoms with van der Waals surface area (Å²) in [4.78, 5) is 95.3. The average molecular weight is 729 g/mol. The number of carbonyl (C=O) groups is 7. The van der Waals surface area contributed by atoms with Crippen molar-refractivity contribution in [3.8, 4) is 0 Å². The molecule has 1 fully saturated rings. The maximum absolute atomic E-state index is 14.1. The Labute approximate surface area is 308 Å². The van der Waals surface area contributed by atoms with Crippen LogP contribution in [0, 0.1) is 17.8 Å². The Morgan fingerprint density at radius 2 is 1.46 bits per heavy atom. The molecule has 0 saturated heterocycles. The lowest BCUT2D eigenvalue weighted by Gasteiger charge is -2.36. The smallest absolute Gasteiger partial charge is 0.407 e. The third kappa shape index (κ3) is 13.9. The van der Waals surface area contributed by atoms with Gasteiger partial charge in [0.15, 0.2) is 0 Å². The Morgan fingerprint density at radius 1 is 0.827 bits per heavy atom. The van der Waals surface area contributed by atoms with Gasteiger partial charge < -0.3 is 35.8 Å². The summed E-state index contributed by atoms with van der Waals surface area (Å²) in [5, 5.41) is 10.4. The van der Waals surface area contributed by atoms with Gasteiger partial charge in [0.25, 0.3) is 5.91 Å². The minimum atomic E-state index is -1.22. The van der Waals surface area contributed by atoms with E-state index in [9.17, 15) is 33.6 Å². The van der Waals surface area contributed by atoms with Crippen LogP contribution in [0.1, 0.15) is 97.6 Å². The number of benzene rings is 1. The minimum absolute atomic E-state index is 0.0238. The molecular weight excluding hydrogens is 668 g/mol. The molecule has 1 aromatic rings. The van der Waals surface area contributed by atoms with Gasteiger partial charge in [-0.25, -0.2) is 4.79 Å². The van der Waals surface area contributed by atoms with Gasteiger partial charge in [0, 0.05) is 21.1 Å². The zero-order chi connectivity index (χ0) is 39.0. The second-order valence-corrected chi connectivity index (χ2v) is 14.6. The molecule has 1 saturated carbocycles. The summed E-state index contributed by atoms with van der Waals surface area (Å²) in [5.74, 6) is -4.17. The zero-order valence-corrected chi connectivity index (χ0v) is 32.2. The van der Waals surface area contributed by atoms with Crippen LogP contribution in [0.25, 0.3) is 0 Å². The molecule has 52 heavy (non-hydrogen) atoms. The van der Waals surface area contributed by atoms with Gasteiger partial charge in [-0.3, -0.25) is 28.8 Å². The topological polar surface area (TPSA) is 183 Å². The van der Waals surface area contributed by atoms with Gasteiger partial charge in [-0.1, -0.05) is 90.6 Å². The molecule has 2 unspecified atom stereocenters. The number of rotatable bonds is 19. The number of nitrogens with one attached hydrogen (secondary N) is 4. The van der Waals surface area contributed by atoms with E-state index in [0.717, 1.165) is 32.1 Å². The van der Waals surface area contributed by atoms with Gasteiger partial charge in [0.1, 0.15) is 18.1 Å². The summed E-state index contributed by atoms with van der Waals surface area (Å²) >= 11 is 0. The Bertz CT molecular complexity index is 1360. The second-order valence-electron chi connectivity index (χ2n) is 14.6. The van der Waals surface area contributed by atoms with Gasteiger partial charge in [0.05, 0.1) is 19.2 Å². The van der Waals surface area contributed by atoms with E-state index in [1.165, 1.54) is 16.8 Å². The lowest BCUT2D eigenvalue weighted by atomic mass is 9.83. The molecule has 290 valence electrons. The molecule has 4 N–H and O–H groups in total. The first-order valence-corrected chi connectivity index (χ1v) is 18.4. The molecular formula is C38H60N6O8. The monoisotopic (exact) mass is 728 g/mol. The maximum atomic E-state index is 14.1. The van der Waals surface area contributed by atoms with Crippen molar-refractivity contribution in [3.05, 3.63) is 35.9 Å². The fourth-order valence-corrected chi connectivity index (χ4v) is 6.15. The molecule has 1 aliphatic rings. The first-order chi connectivity index (χ1) is 24.6. The van der Waals surface area contributed by atoms with Crippen LogP contribution in [0.2, 0.25) is 0 Å². The van der Waals surface area contributed by atoms with Crippen LogP contribution >= 0.6 is 0 Å². The quantitative estimate of drug-likeness (QED) is 0.157. The summed E-state index contributed by atoms with van der Waals surface area (Å²) in [6.07, 6.45) is 4.53. The zero-order valence-electron chi connectivity index (χ0n) is 32.2. The van der Waals surface area contributed by atoms with E-state index in [4.69, 9.17) is 4.74 Å². The molecule has 0 radical (unpaired) electrons. The molecule has 1 aliphatic carbocycles. The molecule has 14 heteroatoms. The Kier molecular flexibility index (Phi) is 18.3. The van der Waals surface area contributed by atoms with Crippen LogP contribution < -0.4 is 21.3 Å². The van der Waals surface area contributed by atoms with E-state index >= 15 is 0 Å². The first-order valence-electron chi connectivity index (χ1n) is 18.4. The number of nitrogens with zero attached hydrogens (tertiary/aromatic N) is 2. The predicted octanol–water partition coefficient (Wildman–Crippen LogP) is 3.11. The average Bonchev–Trinajstić information content (AvgIpc) is 3.12. The number of amides is 6. The number of ketones is 1. The van der Waals surface area contributed by atoms with E-state index in [2.05, 4.69) is 21.3 Å². The SMILES string of the molecule is CCCC(NC(=O)[C@H](CC(C)C)N(C)C(=O)[C@@H](NC(=O)OCC(C)C)C1CCCCC1)C(=O)C(=O)NCC(=O)NC(C(=O)N(C)C)c1ccccc1. The third-order valence-electron chi connectivity index (χ3n) is 8.99. The lowest BCUT2D eigenvalue weighted by Crippen LogP contribution is -2.59. The number of ether oxygens (including phenoxy) is 1. The number of carbonyl (C=O) groups excluding carboxylic acids is 7. The van der Waals surface area contributed by atoms with Crippen molar-refractivity contribution in [2.24, 2.45) is 17.8 Å². The number of hydrogen-bond donors (Lipinski definition) is 4. The van der Waals surface area contributed by atoms with E-state index < -0.39 is 66.2 Å². The number of alkyl carbamates (subject to hydrolysis) is 1. The predicted molar refractivity (Wildman–Crippen MR) is 197 cm³/mol. The Balaban J connectivity index is 2.18. The molecule has 0 aliphatic heterocycles. The molecule has 1 aromatic carbocycles. The highest BCUT2D eigenvalue weighted by atomic mass is 16.5. The van der Waals surface area contributed by atoms with Crippen molar-refractivity contribution in [1.29, 1.82) is 0 Å². The molecule has 0 aromatic heterocycles. The van der Waals surface area contributed by atoms with Crippen molar-refractivity contribution in [2.75, 3.05) is 34.3 Å².